The van der Waals surface area contributed by atoms with Crippen LogP contribution in [0.2, 0.25) is 0 Å². The summed E-state index contributed by atoms with van der Waals surface area (Å²) in [5.41, 5.74) is -5.48. The number of nitrogens with zero attached hydrogens (tertiary/aromatic N) is 1. The third-order valence-electron chi connectivity index (χ3n) is 12.5. The molecule has 0 aromatic heterocycles. The van der Waals surface area contributed by atoms with Gasteiger partial charge in [0.25, 0.3) is 0 Å². The normalized spacial score (nSPS) is 28.5. The number of nitrogens with one attached hydrogen (secondary N) is 1. The largest absolute Gasteiger partial charge is 0.507 e. The number of terminal acetylenes is 1. The molecule has 2 aliphatic heterocycles. The number of amides is 1. The van der Waals surface area contributed by atoms with Crippen molar-refractivity contribution in [1.82, 2.24) is 5.32 Å². The van der Waals surface area contributed by atoms with Crippen molar-refractivity contribution >= 4 is 35.1 Å². The zero-order chi connectivity index (χ0) is 51.1. The average molecular weight is 981 g/mol. The number of ketones is 3. The Morgan fingerprint density at radius 2 is 1.70 bits per heavy atom. The van der Waals surface area contributed by atoms with Gasteiger partial charge in [-0.25, -0.2) is 4.79 Å². The molecule has 0 saturated carbocycles. The number of phenols is 2. The molecule has 374 valence electrons. The Morgan fingerprint density at radius 1 is 0.986 bits per heavy atom. The first-order valence-corrected chi connectivity index (χ1v) is 21.6. The van der Waals surface area contributed by atoms with Crippen LogP contribution in [0.1, 0.15) is 93.9 Å². The van der Waals surface area contributed by atoms with Crippen molar-refractivity contribution < 1.29 is 103 Å². The van der Waals surface area contributed by atoms with Crippen LogP contribution in [-0.4, -0.2) is 156 Å². The summed E-state index contributed by atoms with van der Waals surface area (Å²) in [4.78, 5) is 77.2. The molecule has 0 radical (unpaired) electrons. The highest BCUT2D eigenvalue weighted by Crippen LogP contribution is 2.52. The first-order valence-electron chi connectivity index (χ1n) is 21.6. The summed E-state index contributed by atoms with van der Waals surface area (Å²) < 4.78 is 38.9. The van der Waals surface area contributed by atoms with Crippen molar-refractivity contribution in [3.05, 3.63) is 85.5 Å². The Balaban J connectivity index is 1.11. The highest BCUT2D eigenvalue weighted by atomic mass is 16.7. The van der Waals surface area contributed by atoms with E-state index in [2.05, 4.69) is 11.2 Å². The van der Waals surface area contributed by atoms with E-state index in [1.807, 2.05) is 0 Å². The molecule has 70 heavy (non-hydrogen) atoms. The number of carbonyl (C=O) groups excluding carboxylic acids is 5. The Hall–Kier alpha value is -6.79. The van der Waals surface area contributed by atoms with Gasteiger partial charge in [-0.15, -0.1) is 12.3 Å². The standard InChI is InChI=1S/C46H48N2O22/c1-5-7-25(20-10-11-26(24(12-20)48(62)63)68-44-43(59)42(58)39(55)29(69-44)17-65-19(3)50)70-45(60)47-23-13-31(66-18(2)36(23)52)67-28-15-46(61,30(51)16-49)14-22-33(28)41(57)35-34(38(22)54)37(53)21-8-6-9-27(64-4)32(21)40(35)56/h1,6,8-12,18,23,25,28-29,31,36,39,42-44,49,52,54-55,57-59,61H,7,13-17H2,2-4H3,(H,47,60)/t18?,23?,25?,28-,29?,31?,36?,39-,42?,43-,44+,46-/m0/s1. The number of nitro benzene ring substituents is 1. The number of benzene rings is 3. The van der Waals surface area contributed by atoms with Crippen LogP contribution in [-0.2, 0) is 39.7 Å². The summed E-state index contributed by atoms with van der Waals surface area (Å²) in [6.07, 6.45) is -13.6. The van der Waals surface area contributed by atoms with Crippen molar-refractivity contribution in [2.24, 2.45) is 0 Å². The predicted octanol–water partition coefficient (Wildman–Crippen LogP) is 0.191. The molecule has 2 aliphatic carbocycles. The molecular weight excluding hydrogens is 932 g/mol. The summed E-state index contributed by atoms with van der Waals surface area (Å²) in [6.45, 7) is 0.756. The molecule has 2 heterocycles. The molecule has 1 amide bonds. The van der Waals surface area contributed by atoms with Gasteiger partial charge in [-0.2, -0.15) is 0 Å². The van der Waals surface area contributed by atoms with Gasteiger partial charge in [0.2, 0.25) is 12.1 Å². The van der Waals surface area contributed by atoms with E-state index in [0.717, 1.165) is 19.1 Å². The number of phenolic OH excluding ortho intramolecular Hbond substituents is 2. The van der Waals surface area contributed by atoms with Crippen LogP contribution >= 0.6 is 0 Å². The van der Waals surface area contributed by atoms with E-state index in [-0.39, 0.29) is 40.0 Å². The molecule has 7 unspecified atom stereocenters. The van der Waals surface area contributed by atoms with Crippen LogP contribution in [0.25, 0.3) is 0 Å². The lowest BCUT2D eigenvalue weighted by atomic mass is 9.72. The summed E-state index contributed by atoms with van der Waals surface area (Å²) in [5.74, 6) is -3.53. The molecule has 7 rings (SSSR count). The van der Waals surface area contributed by atoms with Crippen molar-refractivity contribution in [2.45, 2.75) is 113 Å². The highest BCUT2D eigenvalue weighted by molar-refractivity contribution is 6.31. The van der Waals surface area contributed by atoms with E-state index in [9.17, 15) is 74.9 Å². The van der Waals surface area contributed by atoms with E-state index in [0.29, 0.717) is 0 Å². The maximum atomic E-state index is 14.0. The Bertz CT molecular complexity index is 2650. The second-order valence-electron chi connectivity index (χ2n) is 17.0. The molecule has 0 spiro atoms. The monoisotopic (exact) mass is 980 g/mol. The first kappa shape index (κ1) is 51.1. The van der Waals surface area contributed by atoms with Crippen LogP contribution in [0.4, 0.5) is 10.5 Å². The van der Waals surface area contributed by atoms with E-state index >= 15 is 0 Å². The van der Waals surface area contributed by atoms with Crippen molar-refractivity contribution in [3.8, 4) is 35.3 Å². The Morgan fingerprint density at radius 3 is 2.36 bits per heavy atom. The third kappa shape index (κ3) is 9.58. The maximum Gasteiger partial charge on any atom is 0.408 e. The smallest absolute Gasteiger partial charge is 0.408 e. The first-order chi connectivity index (χ1) is 33.1. The number of aliphatic hydroxyl groups is 6. The van der Waals surface area contributed by atoms with Gasteiger partial charge in [0.15, 0.2) is 23.6 Å². The van der Waals surface area contributed by atoms with Crippen molar-refractivity contribution in [1.29, 1.82) is 0 Å². The number of alkyl carbamates (subject to hydrolysis) is 1. The van der Waals surface area contributed by atoms with Gasteiger partial charge in [0, 0.05) is 54.5 Å². The number of esters is 1. The van der Waals surface area contributed by atoms with E-state index in [1.165, 1.54) is 38.3 Å². The minimum Gasteiger partial charge on any atom is -0.507 e. The van der Waals surface area contributed by atoms with Gasteiger partial charge in [0.1, 0.15) is 72.7 Å². The van der Waals surface area contributed by atoms with Gasteiger partial charge in [-0.3, -0.25) is 29.3 Å². The fourth-order valence-electron chi connectivity index (χ4n) is 8.96. The molecular formula is C46H48N2O22. The van der Waals surface area contributed by atoms with Gasteiger partial charge in [0.05, 0.1) is 53.4 Å². The maximum absolute atomic E-state index is 14.0. The molecule has 24 nitrogen and oxygen atoms in total. The number of Topliss-reactive ketones (excluding diaryl/α,β-unsaturated/α-hetero) is 1. The minimum atomic E-state index is -2.47. The van der Waals surface area contributed by atoms with Crippen molar-refractivity contribution in [3.63, 3.8) is 0 Å². The highest BCUT2D eigenvalue weighted by Gasteiger charge is 2.51. The number of nitro groups is 1. The molecule has 3 aromatic rings. The average Bonchev–Trinajstić information content (AvgIpc) is 3.32. The predicted molar refractivity (Wildman–Crippen MR) is 230 cm³/mol. The molecule has 2 fully saturated rings. The number of ether oxygens (including phenoxy) is 7. The number of hydrogen-bond acceptors (Lipinski definition) is 22. The molecule has 0 bridgehead atoms. The van der Waals surface area contributed by atoms with Crippen LogP contribution in [0.3, 0.4) is 0 Å². The van der Waals surface area contributed by atoms with Gasteiger partial charge in [-0.1, -0.05) is 18.2 Å². The molecule has 4 aliphatic rings. The molecule has 3 aromatic carbocycles. The number of methoxy groups -OCH3 is 1. The summed E-state index contributed by atoms with van der Waals surface area (Å²) in [5, 5.41) is 102. The summed E-state index contributed by atoms with van der Waals surface area (Å²) in [6, 6.07) is 6.14. The van der Waals surface area contributed by atoms with Gasteiger partial charge in [-0.05, 0) is 19.1 Å². The lowest BCUT2D eigenvalue weighted by Crippen LogP contribution is -2.60. The van der Waals surface area contributed by atoms with Gasteiger partial charge < -0.3 is 79.3 Å². The SMILES string of the molecule is C#CCC(OC(=O)NC1CC(O[C@H]2C[C@](O)(C(=O)CO)Cc3c(O)c4c(c(O)c32)C(=O)c2c(OC)cccc2C4=O)OC(C)C1O)c1ccc(O[C@@H]2OC(COC(C)=O)[C@H](O)C(O)[C@@H]2O)c([N+](=O)[O-])c1. The fraction of sp³-hybridized carbons (Fsp3) is 0.457. The topological polar surface area (TPSA) is 367 Å². The lowest BCUT2D eigenvalue weighted by molar-refractivity contribution is -0.387. The number of aromatic hydroxyl groups is 2. The quantitative estimate of drug-likeness (QED) is 0.0268. The summed E-state index contributed by atoms with van der Waals surface area (Å²) in [7, 11) is 1.26. The van der Waals surface area contributed by atoms with Crippen molar-refractivity contribution in [2.75, 3.05) is 20.3 Å². The number of rotatable bonds is 14. The number of carbonyl (C=O) groups is 5. The van der Waals surface area contributed by atoms with Crippen LogP contribution in [0, 0.1) is 22.5 Å². The second-order valence-corrected chi connectivity index (χ2v) is 17.0. The Kier molecular flexibility index (Phi) is 14.8. The van der Waals surface area contributed by atoms with E-state index < -0.39 is 174 Å². The summed E-state index contributed by atoms with van der Waals surface area (Å²) >= 11 is 0. The zero-order valence-corrected chi connectivity index (χ0v) is 37.4. The molecule has 24 heteroatoms. The van der Waals surface area contributed by atoms with Crippen LogP contribution < -0.4 is 14.8 Å². The van der Waals surface area contributed by atoms with Gasteiger partial charge >= 0.3 is 17.7 Å². The molecule has 9 N–H and O–H groups in total. The van der Waals surface area contributed by atoms with Crippen LogP contribution in [0.5, 0.6) is 23.0 Å². The number of fused-ring (bicyclic) bond motifs is 3. The number of hydrogen-bond donors (Lipinski definition) is 9. The Labute approximate surface area is 396 Å². The molecule has 12 atom stereocenters. The van der Waals surface area contributed by atoms with E-state index in [1.54, 1.807) is 0 Å². The third-order valence-corrected chi connectivity index (χ3v) is 12.5. The lowest BCUT2D eigenvalue weighted by Gasteiger charge is -2.42. The minimum absolute atomic E-state index is 0.00506. The van der Waals surface area contributed by atoms with Crippen LogP contribution in [0.15, 0.2) is 36.4 Å². The fourth-order valence-corrected chi connectivity index (χ4v) is 8.96. The van der Waals surface area contributed by atoms with E-state index in [4.69, 9.17) is 39.6 Å². The molecule has 2 saturated heterocycles. The second kappa shape index (κ2) is 20.3. The number of aliphatic hydroxyl groups excluding tert-OH is 5. The zero-order valence-electron chi connectivity index (χ0n) is 37.4.